The van der Waals surface area contributed by atoms with Crippen molar-refractivity contribution in [2.75, 3.05) is 6.54 Å². The first-order valence-electron chi connectivity index (χ1n) is 3.66. The molecule has 0 aromatic rings. The van der Waals surface area contributed by atoms with Crippen molar-refractivity contribution >= 4 is 22.8 Å². The van der Waals surface area contributed by atoms with Gasteiger partial charge in [-0.3, -0.25) is 9.59 Å². The number of carbonyl (C=O) groups excluding carboxylic acids is 2. The Morgan fingerprint density at radius 2 is 2.45 bits per heavy atom. The van der Waals surface area contributed by atoms with Gasteiger partial charge in [0.1, 0.15) is 6.04 Å². The van der Waals surface area contributed by atoms with Crippen molar-refractivity contribution in [3.8, 4) is 0 Å². The van der Waals surface area contributed by atoms with Gasteiger partial charge in [0.2, 0.25) is 11.0 Å². The molecule has 1 amide bonds. The molecule has 4 heteroatoms. The van der Waals surface area contributed by atoms with Crippen molar-refractivity contribution in [2.45, 2.75) is 24.6 Å². The molecule has 2 rings (SSSR count). The molecule has 0 N–H and O–H groups in total. The number of fused-ring (bicyclic) bond motifs is 2. The average molecular weight is 171 g/mol. The first-order valence-corrected chi connectivity index (χ1v) is 4.54. The third-order valence-electron chi connectivity index (χ3n) is 2.22. The van der Waals surface area contributed by atoms with Gasteiger partial charge in [0.05, 0.1) is 0 Å². The number of thioether (sulfide) groups is 1. The highest BCUT2D eigenvalue weighted by molar-refractivity contribution is 8.14. The summed E-state index contributed by atoms with van der Waals surface area (Å²) in [4.78, 5) is 23.7. The molecule has 2 saturated heterocycles. The Labute approximate surface area is 69.1 Å². The molecule has 60 valence electrons. The fraction of sp³-hybridized carbons (Fsp3) is 0.714. The zero-order valence-corrected chi connectivity index (χ0v) is 7.06. The lowest BCUT2D eigenvalue weighted by atomic mass is 10.2. The second-order valence-electron chi connectivity index (χ2n) is 2.98. The summed E-state index contributed by atoms with van der Waals surface area (Å²) in [6, 6.07) is -0.0949. The van der Waals surface area contributed by atoms with Crippen LogP contribution in [0.1, 0.15) is 13.3 Å². The van der Waals surface area contributed by atoms with Crippen LogP contribution in [-0.4, -0.2) is 33.8 Å². The first kappa shape index (κ1) is 7.16. The highest BCUT2D eigenvalue weighted by Crippen LogP contribution is 2.38. The van der Waals surface area contributed by atoms with E-state index < -0.39 is 0 Å². The third kappa shape index (κ3) is 0.965. The predicted molar refractivity (Wildman–Crippen MR) is 42.2 cm³/mol. The van der Waals surface area contributed by atoms with Crippen molar-refractivity contribution in [3.63, 3.8) is 0 Å². The summed E-state index contributed by atoms with van der Waals surface area (Å²) in [5, 5.41) is 0.563. The summed E-state index contributed by atoms with van der Waals surface area (Å²) < 4.78 is 0. The van der Waals surface area contributed by atoms with Gasteiger partial charge in [-0.2, -0.15) is 0 Å². The minimum absolute atomic E-state index is 0.0335. The van der Waals surface area contributed by atoms with Crippen molar-refractivity contribution < 1.29 is 9.59 Å². The normalized spacial score (nSPS) is 35.0. The zero-order chi connectivity index (χ0) is 8.01. The standard InChI is InChI=1S/C7H9NO2S/c1-4(9)8-3-5-2-6(8)7(10)11-5/h5-6H,2-3H2,1H3. The van der Waals surface area contributed by atoms with Crippen LogP contribution in [0.15, 0.2) is 0 Å². The topological polar surface area (TPSA) is 37.4 Å². The number of hydrogen-bond donors (Lipinski definition) is 0. The van der Waals surface area contributed by atoms with E-state index in [2.05, 4.69) is 0 Å². The van der Waals surface area contributed by atoms with Crippen LogP contribution < -0.4 is 0 Å². The van der Waals surface area contributed by atoms with E-state index in [0.717, 1.165) is 13.0 Å². The summed E-state index contributed by atoms with van der Waals surface area (Å²) in [6.45, 7) is 2.30. The fourth-order valence-corrected chi connectivity index (χ4v) is 2.92. The SMILES string of the molecule is CC(=O)N1CC2CC1C(=O)S2. The zero-order valence-electron chi connectivity index (χ0n) is 6.24. The van der Waals surface area contributed by atoms with Gasteiger partial charge in [-0.15, -0.1) is 0 Å². The van der Waals surface area contributed by atoms with E-state index in [4.69, 9.17) is 0 Å². The second kappa shape index (κ2) is 2.24. The molecule has 2 heterocycles. The first-order chi connectivity index (χ1) is 5.18. The lowest BCUT2D eigenvalue weighted by molar-refractivity contribution is -0.133. The Morgan fingerprint density at radius 3 is 2.82 bits per heavy atom. The molecular formula is C7H9NO2S. The van der Waals surface area contributed by atoms with Gasteiger partial charge >= 0.3 is 0 Å². The number of rotatable bonds is 0. The monoisotopic (exact) mass is 171 g/mol. The smallest absolute Gasteiger partial charge is 0.220 e. The van der Waals surface area contributed by atoms with E-state index in [1.807, 2.05) is 0 Å². The van der Waals surface area contributed by atoms with Gasteiger partial charge in [-0.05, 0) is 6.42 Å². The Hall–Kier alpha value is -0.510. The summed E-state index contributed by atoms with van der Waals surface area (Å²) >= 11 is 1.40. The van der Waals surface area contributed by atoms with Crippen LogP contribution in [0.4, 0.5) is 0 Å². The molecule has 2 bridgehead atoms. The Balaban J connectivity index is 2.18. The molecular weight excluding hydrogens is 162 g/mol. The Morgan fingerprint density at radius 1 is 1.73 bits per heavy atom. The fourth-order valence-electron chi connectivity index (χ4n) is 1.70. The van der Waals surface area contributed by atoms with Crippen molar-refractivity contribution in [2.24, 2.45) is 0 Å². The van der Waals surface area contributed by atoms with Crippen LogP contribution in [0.5, 0.6) is 0 Å². The molecule has 0 spiro atoms. The van der Waals surface area contributed by atoms with E-state index in [-0.39, 0.29) is 17.1 Å². The second-order valence-corrected chi connectivity index (χ2v) is 4.29. The van der Waals surface area contributed by atoms with Crippen molar-refractivity contribution in [1.29, 1.82) is 0 Å². The molecule has 2 atom stereocenters. The minimum Gasteiger partial charge on any atom is -0.331 e. The molecule has 0 saturated carbocycles. The Kier molecular flexibility index (Phi) is 1.45. The summed E-state index contributed by atoms with van der Waals surface area (Å²) in [5.41, 5.74) is 0. The molecule has 2 aliphatic rings. The lowest BCUT2D eigenvalue weighted by Gasteiger charge is -2.23. The van der Waals surface area contributed by atoms with Gasteiger partial charge in [-0.1, -0.05) is 11.8 Å². The molecule has 0 aromatic carbocycles. The summed E-state index contributed by atoms with van der Waals surface area (Å²) in [5.74, 6) is 0.0335. The van der Waals surface area contributed by atoms with Gasteiger partial charge in [0.25, 0.3) is 0 Å². The molecule has 3 nitrogen and oxygen atoms in total. The van der Waals surface area contributed by atoms with E-state index >= 15 is 0 Å². The Bertz CT molecular complexity index is 228. The summed E-state index contributed by atoms with van der Waals surface area (Å²) in [6.07, 6.45) is 0.878. The predicted octanol–water partition coefficient (Wildman–Crippen LogP) is 0.249. The molecule has 2 unspecified atom stereocenters. The van der Waals surface area contributed by atoms with Crippen molar-refractivity contribution in [1.82, 2.24) is 4.90 Å². The van der Waals surface area contributed by atoms with Gasteiger partial charge < -0.3 is 4.90 Å². The highest BCUT2D eigenvalue weighted by Gasteiger charge is 2.45. The van der Waals surface area contributed by atoms with Crippen LogP contribution in [0.2, 0.25) is 0 Å². The largest absolute Gasteiger partial charge is 0.331 e. The van der Waals surface area contributed by atoms with Crippen LogP contribution in [0.25, 0.3) is 0 Å². The van der Waals surface area contributed by atoms with Crippen LogP contribution in [0.3, 0.4) is 0 Å². The van der Waals surface area contributed by atoms with Gasteiger partial charge in [0, 0.05) is 18.7 Å². The molecule has 0 aliphatic carbocycles. The number of amides is 1. The number of hydrogen-bond acceptors (Lipinski definition) is 3. The van der Waals surface area contributed by atoms with Gasteiger partial charge in [0.15, 0.2) is 0 Å². The van der Waals surface area contributed by atoms with Crippen molar-refractivity contribution in [3.05, 3.63) is 0 Å². The maximum atomic E-state index is 11.1. The van der Waals surface area contributed by atoms with E-state index in [1.54, 1.807) is 4.90 Å². The molecule has 11 heavy (non-hydrogen) atoms. The third-order valence-corrected chi connectivity index (χ3v) is 3.40. The molecule has 2 fully saturated rings. The quantitative estimate of drug-likeness (QED) is 0.524. The lowest BCUT2D eigenvalue weighted by Crippen LogP contribution is -2.40. The van der Waals surface area contributed by atoms with Crippen LogP contribution in [0, 0.1) is 0 Å². The number of likely N-dealkylation sites (tertiary alicyclic amines) is 1. The highest BCUT2D eigenvalue weighted by atomic mass is 32.2. The maximum absolute atomic E-state index is 11.1. The number of carbonyl (C=O) groups is 2. The maximum Gasteiger partial charge on any atom is 0.220 e. The van der Waals surface area contributed by atoms with Gasteiger partial charge in [-0.25, -0.2) is 0 Å². The van der Waals surface area contributed by atoms with Crippen LogP contribution in [-0.2, 0) is 9.59 Å². The molecule has 0 aromatic heterocycles. The minimum atomic E-state index is -0.0949. The van der Waals surface area contributed by atoms with E-state index in [1.165, 1.54) is 18.7 Å². The number of nitrogens with zero attached hydrogens (tertiary/aromatic N) is 1. The van der Waals surface area contributed by atoms with Crippen LogP contribution >= 0.6 is 11.8 Å². The van der Waals surface area contributed by atoms with E-state index in [0.29, 0.717) is 5.25 Å². The molecule has 0 radical (unpaired) electrons. The summed E-state index contributed by atoms with van der Waals surface area (Å²) in [7, 11) is 0. The van der Waals surface area contributed by atoms with E-state index in [9.17, 15) is 9.59 Å². The molecule has 2 aliphatic heterocycles. The average Bonchev–Trinajstić information content (AvgIpc) is 2.43.